The zero-order valence-corrected chi connectivity index (χ0v) is 13.7. The molecule has 1 saturated heterocycles. The second-order valence-electron chi connectivity index (χ2n) is 5.82. The van der Waals surface area contributed by atoms with Gasteiger partial charge in [-0.3, -0.25) is 0 Å². The summed E-state index contributed by atoms with van der Waals surface area (Å²) in [6.07, 6.45) is 6.75. The van der Waals surface area contributed by atoms with Crippen LogP contribution in [0.1, 0.15) is 37.5 Å². The summed E-state index contributed by atoms with van der Waals surface area (Å²) in [7, 11) is 0. The highest BCUT2D eigenvalue weighted by Gasteiger charge is 2.25. The van der Waals surface area contributed by atoms with E-state index in [9.17, 15) is 0 Å². The maximum absolute atomic E-state index is 4.62. The maximum Gasteiger partial charge on any atom is 0.141 e. The van der Waals surface area contributed by atoms with E-state index in [1.54, 1.807) is 17.7 Å². The summed E-state index contributed by atoms with van der Waals surface area (Å²) in [6, 6.07) is 2.80. The lowest BCUT2D eigenvalue weighted by molar-refractivity contribution is 0.434. The minimum Gasteiger partial charge on any atom is -0.352 e. The standard InChI is InChI=1S/C16H24N4S/c1-3-7-17-10-13-6-4-5-8-20(13)15-14-9-12(2)21-16(14)19-11-18-15/h9,11,13,17H,3-8,10H2,1-2H3. The third-order valence-electron chi connectivity index (χ3n) is 4.14. The molecule has 0 saturated carbocycles. The summed E-state index contributed by atoms with van der Waals surface area (Å²) in [5.41, 5.74) is 0. The lowest BCUT2D eigenvalue weighted by atomic mass is 10.0. The number of piperidine rings is 1. The summed E-state index contributed by atoms with van der Waals surface area (Å²) in [4.78, 5) is 14.0. The Hall–Kier alpha value is -1.20. The molecule has 0 aliphatic carbocycles. The van der Waals surface area contributed by atoms with Crippen LogP contribution < -0.4 is 10.2 Å². The zero-order valence-electron chi connectivity index (χ0n) is 12.9. The Morgan fingerprint density at radius 2 is 2.29 bits per heavy atom. The molecule has 1 N–H and O–H groups in total. The van der Waals surface area contributed by atoms with Gasteiger partial charge in [0.15, 0.2) is 0 Å². The zero-order chi connectivity index (χ0) is 14.7. The molecule has 2 aromatic heterocycles. The summed E-state index contributed by atoms with van der Waals surface area (Å²) in [5, 5.41) is 4.80. The number of hydrogen-bond donors (Lipinski definition) is 1. The van der Waals surface area contributed by atoms with Crippen molar-refractivity contribution in [3.05, 3.63) is 17.3 Å². The van der Waals surface area contributed by atoms with Crippen molar-refractivity contribution >= 4 is 27.4 Å². The quantitative estimate of drug-likeness (QED) is 0.860. The molecule has 1 aliphatic rings. The highest BCUT2D eigenvalue weighted by atomic mass is 32.1. The fraction of sp³-hybridized carbons (Fsp3) is 0.625. The van der Waals surface area contributed by atoms with Gasteiger partial charge in [-0.2, -0.15) is 0 Å². The molecule has 3 rings (SSSR count). The SMILES string of the molecule is CCCNCC1CCCCN1c1ncnc2sc(C)cc12. The van der Waals surface area contributed by atoms with Gasteiger partial charge < -0.3 is 10.2 Å². The van der Waals surface area contributed by atoms with E-state index in [2.05, 4.69) is 40.1 Å². The van der Waals surface area contributed by atoms with Gasteiger partial charge >= 0.3 is 0 Å². The second-order valence-corrected chi connectivity index (χ2v) is 7.06. The number of rotatable bonds is 5. The van der Waals surface area contributed by atoms with E-state index in [0.29, 0.717) is 6.04 Å². The van der Waals surface area contributed by atoms with Gasteiger partial charge in [0, 0.05) is 24.0 Å². The van der Waals surface area contributed by atoms with Gasteiger partial charge in [-0.15, -0.1) is 11.3 Å². The first-order valence-electron chi connectivity index (χ1n) is 7.98. The van der Waals surface area contributed by atoms with Crippen molar-refractivity contribution in [2.75, 3.05) is 24.5 Å². The Morgan fingerprint density at radius 1 is 1.38 bits per heavy atom. The Bertz CT molecular complexity index is 595. The average molecular weight is 304 g/mol. The molecule has 1 unspecified atom stereocenters. The number of nitrogens with one attached hydrogen (secondary N) is 1. The molecule has 21 heavy (non-hydrogen) atoms. The first-order chi connectivity index (χ1) is 10.3. The first kappa shape index (κ1) is 14.7. The molecule has 1 aliphatic heterocycles. The fourth-order valence-electron chi connectivity index (χ4n) is 3.13. The molecule has 0 amide bonds. The molecule has 5 heteroatoms. The van der Waals surface area contributed by atoms with Gasteiger partial charge in [0.05, 0.1) is 5.39 Å². The summed E-state index contributed by atoms with van der Waals surface area (Å²) in [5.74, 6) is 1.13. The number of aryl methyl sites for hydroxylation is 1. The predicted molar refractivity (Wildman–Crippen MR) is 90.3 cm³/mol. The predicted octanol–water partition coefficient (Wildman–Crippen LogP) is 3.36. The normalized spacial score (nSPS) is 19.3. The van der Waals surface area contributed by atoms with Crippen LogP contribution >= 0.6 is 11.3 Å². The van der Waals surface area contributed by atoms with Crippen molar-refractivity contribution in [3.8, 4) is 0 Å². The van der Waals surface area contributed by atoms with Crippen LogP contribution in [0.25, 0.3) is 10.2 Å². The lowest BCUT2D eigenvalue weighted by Gasteiger charge is -2.37. The van der Waals surface area contributed by atoms with E-state index < -0.39 is 0 Å². The van der Waals surface area contributed by atoms with E-state index >= 15 is 0 Å². The maximum atomic E-state index is 4.62. The molecule has 0 bridgehead atoms. The van der Waals surface area contributed by atoms with E-state index in [-0.39, 0.29) is 0 Å². The van der Waals surface area contributed by atoms with Crippen molar-refractivity contribution in [1.29, 1.82) is 0 Å². The summed E-state index contributed by atoms with van der Waals surface area (Å²) < 4.78 is 0. The molecule has 0 spiro atoms. The molecule has 0 aromatic carbocycles. The van der Waals surface area contributed by atoms with E-state index in [1.165, 1.54) is 35.9 Å². The van der Waals surface area contributed by atoms with Crippen LogP contribution in [0, 0.1) is 6.92 Å². The van der Waals surface area contributed by atoms with E-state index in [0.717, 1.165) is 30.3 Å². The van der Waals surface area contributed by atoms with Gasteiger partial charge in [-0.1, -0.05) is 6.92 Å². The van der Waals surface area contributed by atoms with Gasteiger partial charge in [0.1, 0.15) is 17.0 Å². The molecule has 3 heterocycles. The van der Waals surface area contributed by atoms with Crippen LogP contribution in [-0.4, -0.2) is 35.6 Å². The highest BCUT2D eigenvalue weighted by molar-refractivity contribution is 7.18. The number of fused-ring (bicyclic) bond motifs is 1. The third kappa shape index (κ3) is 3.19. The number of hydrogen-bond acceptors (Lipinski definition) is 5. The van der Waals surface area contributed by atoms with Crippen LogP contribution in [-0.2, 0) is 0 Å². The number of nitrogens with zero attached hydrogens (tertiary/aromatic N) is 3. The Morgan fingerprint density at radius 3 is 3.14 bits per heavy atom. The third-order valence-corrected chi connectivity index (χ3v) is 5.10. The smallest absolute Gasteiger partial charge is 0.141 e. The minimum atomic E-state index is 0.559. The molecule has 4 nitrogen and oxygen atoms in total. The van der Waals surface area contributed by atoms with Crippen molar-refractivity contribution in [2.45, 2.75) is 45.6 Å². The summed E-state index contributed by atoms with van der Waals surface area (Å²) >= 11 is 1.76. The van der Waals surface area contributed by atoms with Gasteiger partial charge in [0.2, 0.25) is 0 Å². The Balaban J connectivity index is 1.87. The van der Waals surface area contributed by atoms with Gasteiger partial charge in [-0.05, 0) is 45.2 Å². The average Bonchev–Trinajstić information content (AvgIpc) is 2.88. The fourth-order valence-corrected chi connectivity index (χ4v) is 3.97. The Kier molecular flexibility index (Phi) is 4.70. The minimum absolute atomic E-state index is 0.559. The highest BCUT2D eigenvalue weighted by Crippen LogP contribution is 2.32. The monoisotopic (exact) mass is 304 g/mol. The molecule has 0 radical (unpaired) electrons. The summed E-state index contributed by atoms with van der Waals surface area (Å²) in [6.45, 7) is 7.63. The van der Waals surface area contributed by atoms with Crippen molar-refractivity contribution < 1.29 is 0 Å². The second kappa shape index (κ2) is 6.71. The van der Waals surface area contributed by atoms with Crippen molar-refractivity contribution in [2.24, 2.45) is 0 Å². The Labute approximate surface area is 130 Å². The molecule has 2 aromatic rings. The van der Waals surface area contributed by atoms with Crippen LogP contribution in [0.4, 0.5) is 5.82 Å². The van der Waals surface area contributed by atoms with Crippen LogP contribution in [0.15, 0.2) is 12.4 Å². The first-order valence-corrected chi connectivity index (χ1v) is 8.79. The number of aromatic nitrogens is 2. The molecule has 1 fully saturated rings. The lowest BCUT2D eigenvalue weighted by Crippen LogP contribution is -2.46. The van der Waals surface area contributed by atoms with Gasteiger partial charge in [0.25, 0.3) is 0 Å². The van der Waals surface area contributed by atoms with Crippen molar-refractivity contribution in [1.82, 2.24) is 15.3 Å². The molecular weight excluding hydrogens is 280 g/mol. The largest absolute Gasteiger partial charge is 0.352 e. The van der Waals surface area contributed by atoms with Crippen LogP contribution in [0.5, 0.6) is 0 Å². The number of thiophene rings is 1. The molecule has 1 atom stereocenters. The number of anilines is 1. The van der Waals surface area contributed by atoms with Crippen molar-refractivity contribution in [3.63, 3.8) is 0 Å². The van der Waals surface area contributed by atoms with Crippen LogP contribution in [0.3, 0.4) is 0 Å². The van der Waals surface area contributed by atoms with Gasteiger partial charge in [-0.25, -0.2) is 9.97 Å². The molecule has 114 valence electrons. The van der Waals surface area contributed by atoms with E-state index in [1.807, 2.05) is 0 Å². The van der Waals surface area contributed by atoms with E-state index in [4.69, 9.17) is 0 Å². The van der Waals surface area contributed by atoms with Crippen LogP contribution in [0.2, 0.25) is 0 Å². The molecular formula is C16H24N4S. The topological polar surface area (TPSA) is 41.0 Å².